The quantitative estimate of drug-likeness (QED) is 0.618. The minimum absolute atomic E-state index is 0.00836. The molecule has 10 atom stereocenters. The minimum atomic E-state index is -1.14. The van der Waals surface area contributed by atoms with Gasteiger partial charge in [-0.25, -0.2) is 0 Å². The van der Waals surface area contributed by atoms with Crippen LogP contribution in [0.2, 0.25) is 0 Å². The van der Waals surface area contributed by atoms with Crippen LogP contribution in [-0.4, -0.2) is 51.0 Å². The third-order valence-electron chi connectivity index (χ3n) is 8.53. The average molecular weight is 350 g/mol. The molecule has 1 spiro atoms. The second-order valence-corrected chi connectivity index (χ2v) is 9.63. The predicted molar refractivity (Wildman–Crippen MR) is 85.1 cm³/mol. The molecule has 6 heteroatoms. The Morgan fingerprint density at radius 3 is 2.56 bits per heavy atom. The smallest absolute Gasteiger partial charge is 0.310 e. The van der Waals surface area contributed by atoms with Crippen LogP contribution in [-0.2, 0) is 14.3 Å². The van der Waals surface area contributed by atoms with Gasteiger partial charge in [-0.3, -0.25) is 9.59 Å². The van der Waals surface area contributed by atoms with Crippen LogP contribution in [0, 0.1) is 40.9 Å². The molecule has 138 valence electrons. The Kier molecular flexibility index (Phi) is 2.89. The van der Waals surface area contributed by atoms with Crippen LogP contribution in [0.15, 0.2) is 0 Å². The third kappa shape index (κ3) is 1.59. The number of carbonyl (C=O) groups excluding carboxylic acids is 2. The van der Waals surface area contributed by atoms with E-state index in [4.69, 9.17) is 4.74 Å². The zero-order valence-electron chi connectivity index (χ0n) is 14.6. The van der Waals surface area contributed by atoms with E-state index in [1.807, 2.05) is 6.92 Å². The molecule has 0 aromatic carbocycles. The molecule has 1 aliphatic heterocycles. The Bertz CT molecular complexity index is 673. The number of hydrogen-bond donors (Lipinski definition) is 3. The Balaban J connectivity index is 1.62. The first-order valence-electron chi connectivity index (χ1n) is 9.46. The molecule has 0 aromatic rings. The summed E-state index contributed by atoms with van der Waals surface area (Å²) in [4.78, 5) is 26.0. The molecule has 0 aromatic heterocycles. The van der Waals surface area contributed by atoms with E-state index in [0.717, 1.165) is 0 Å². The maximum absolute atomic E-state index is 13.2. The first-order valence-corrected chi connectivity index (χ1v) is 9.46. The van der Waals surface area contributed by atoms with Crippen molar-refractivity contribution < 1.29 is 29.6 Å². The summed E-state index contributed by atoms with van der Waals surface area (Å²) in [6.45, 7) is 3.66. The van der Waals surface area contributed by atoms with Gasteiger partial charge in [0.05, 0.1) is 23.0 Å². The molecule has 1 saturated heterocycles. The van der Waals surface area contributed by atoms with E-state index in [9.17, 15) is 24.9 Å². The average Bonchev–Trinajstić information content (AvgIpc) is 3.03. The number of esters is 1. The van der Waals surface area contributed by atoms with Gasteiger partial charge in [0, 0.05) is 30.3 Å². The Morgan fingerprint density at radius 2 is 1.88 bits per heavy atom. The monoisotopic (exact) mass is 350 g/mol. The van der Waals surface area contributed by atoms with Gasteiger partial charge in [0.2, 0.25) is 0 Å². The predicted octanol–water partition coefficient (Wildman–Crippen LogP) is 0.274. The summed E-state index contributed by atoms with van der Waals surface area (Å²) in [5, 5.41) is 31.7. The number of rotatable bonds is 2. The molecule has 5 aliphatic rings. The first-order chi connectivity index (χ1) is 11.7. The standard InChI is InChI=1S/C19H26O6/c1-8(7-20)9-3-18(24)5-10-15(21)13-12-11(6-17(13,2)23)25-16(22)14(12)19(10,18)4-9/h8-14,20,23-24H,3-7H2,1-2H3/t8-,9-,10-,11-,12-,13+,14+,17+,18+,19+/m0/s1. The van der Waals surface area contributed by atoms with E-state index in [2.05, 4.69) is 0 Å². The molecule has 4 aliphatic carbocycles. The lowest BCUT2D eigenvalue weighted by Gasteiger charge is -2.64. The molecule has 25 heavy (non-hydrogen) atoms. The van der Waals surface area contributed by atoms with Crippen molar-refractivity contribution >= 4 is 11.8 Å². The Labute approximate surface area is 146 Å². The van der Waals surface area contributed by atoms with Crippen molar-refractivity contribution in [2.45, 2.75) is 56.8 Å². The fraction of sp³-hybridized carbons (Fsp3) is 0.895. The van der Waals surface area contributed by atoms with Gasteiger partial charge in [-0.2, -0.15) is 0 Å². The summed E-state index contributed by atoms with van der Waals surface area (Å²) in [6, 6.07) is 0. The van der Waals surface area contributed by atoms with E-state index in [1.54, 1.807) is 6.92 Å². The van der Waals surface area contributed by atoms with Gasteiger partial charge < -0.3 is 20.1 Å². The van der Waals surface area contributed by atoms with Crippen molar-refractivity contribution in [1.29, 1.82) is 0 Å². The van der Waals surface area contributed by atoms with Gasteiger partial charge in [-0.15, -0.1) is 0 Å². The van der Waals surface area contributed by atoms with Crippen molar-refractivity contribution in [1.82, 2.24) is 0 Å². The number of ether oxygens (including phenoxy) is 1. The second-order valence-electron chi connectivity index (χ2n) is 9.63. The van der Waals surface area contributed by atoms with Crippen molar-refractivity contribution in [2.75, 3.05) is 6.61 Å². The van der Waals surface area contributed by atoms with Crippen LogP contribution in [0.25, 0.3) is 0 Å². The zero-order valence-corrected chi connectivity index (χ0v) is 14.6. The van der Waals surface area contributed by atoms with E-state index in [0.29, 0.717) is 25.7 Å². The fourth-order valence-electron chi connectivity index (χ4n) is 7.46. The normalized spacial score (nSPS) is 59.7. The summed E-state index contributed by atoms with van der Waals surface area (Å²) < 4.78 is 5.59. The maximum atomic E-state index is 13.2. The summed E-state index contributed by atoms with van der Waals surface area (Å²) >= 11 is 0. The van der Waals surface area contributed by atoms with Crippen LogP contribution in [0.5, 0.6) is 0 Å². The lowest BCUT2D eigenvalue weighted by molar-refractivity contribution is -0.242. The number of hydrogen-bond acceptors (Lipinski definition) is 6. The number of carbonyl (C=O) groups is 2. The fourth-order valence-corrected chi connectivity index (χ4v) is 7.46. The summed E-state index contributed by atoms with van der Waals surface area (Å²) in [6.07, 6.45) is 1.36. The Hall–Kier alpha value is -0.980. The lowest BCUT2D eigenvalue weighted by atomic mass is 9.39. The number of ketones is 1. The van der Waals surface area contributed by atoms with Crippen LogP contribution in [0.1, 0.15) is 39.5 Å². The molecule has 4 saturated carbocycles. The minimum Gasteiger partial charge on any atom is -0.462 e. The molecule has 5 rings (SSSR count). The van der Waals surface area contributed by atoms with Crippen molar-refractivity contribution in [2.24, 2.45) is 40.9 Å². The largest absolute Gasteiger partial charge is 0.462 e. The van der Waals surface area contributed by atoms with E-state index >= 15 is 0 Å². The molecule has 0 amide bonds. The number of aliphatic hydroxyl groups excluding tert-OH is 1. The van der Waals surface area contributed by atoms with E-state index in [-0.39, 0.29) is 42.0 Å². The van der Waals surface area contributed by atoms with Crippen LogP contribution in [0.4, 0.5) is 0 Å². The zero-order chi connectivity index (χ0) is 17.9. The molecule has 0 radical (unpaired) electrons. The maximum Gasteiger partial charge on any atom is 0.310 e. The lowest BCUT2D eigenvalue weighted by Crippen LogP contribution is -2.72. The highest BCUT2D eigenvalue weighted by molar-refractivity contribution is 5.93. The molecule has 6 nitrogen and oxygen atoms in total. The van der Waals surface area contributed by atoms with E-state index < -0.39 is 34.6 Å². The first kappa shape index (κ1) is 16.2. The SMILES string of the molecule is C[C@@H](CO)[C@H]1C[C@@]2(O)C[C@H]3C(=O)[C@H]4[C@@H]5[C@H](C[C@@]4(C)O)OC(=O)[C@@H]5[C@@]32C1. The molecular weight excluding hydrogens is 324 g/mol. The number of Topliss-reactive ketones (excluding diaryl/α,β-unsaturated/α-hetero) is 1. The van der Waals surface area contributed by atoms with Gasteiger partial charge in [-0.1, -0.05) is 6.92 Å². The van der Waals surface area contributed by atoms with Gasteiger partial charge >= 0.3 is 5.97 Å². The van der Waals surface area contributed by atoms with Gasteiger partial charge in [0.25, 0.3) is 0 Å². The highest BCUT2D eigenvalue weighted by atomic mass is 16.6. The van der Waals surface area contributed by atoms with Crippen LogP contribution >= 0.6 is 0 Å². The van der Waals surface area contributed by atoms with Crippen LogP contribution in [0.3, 0.4) is 0 Å². The highest BCUT2D eigenvalue weighted by Crippen LogP contribution is 2.76. The van der Waals surface area contributed by atoms with Crippen LogP contribution < -0.4 is 0 Å². The molecule has 1 heterocycles. The van der Waals surface area contributed by atoms with Gasteiger partial charge in [0.15, 0.2) is 0 Å². The molecule has 0 unspecified atom stereocenters. The Morgan fingerprint density at radius 1 is 1.16 bits per heavy atom. The van der Waals surface area contributed by atoms with Gasteiger partial charge in [-0.05, 0) is 38.0 Å². The molecule has 5 fully saturated rings. The van der Waals surface area contributed by atoms with Crippen molar-refractivity contribution in [3.63, 3.8) is 0 Å². The van der Waals surface area contributed by atoms with E-state index in [1.165, 1.54) is 0 Å². The van der Waals surface area contributed by atoms with Crippen molar-refractivity contribution in [3.8, 4) is 0 Å². The topological polar surface area (TPSA) is 104 Å². The molecule has 0 bridgehead atoms. The van der Waals surface area contributed by atoms with Crippen molar-refractivity contribution in [3.05, 3.63) is 0 Å². The van der Waals surface area contributed by atoms with Gasteiger partial charge in [0.1, 0.15) is 11.9 Å². The third-order valence-corrected chi connectivity index (χ3v) is 8.53. The number of aliphatic hydroxyl groups is 3. The summed E-state index contributed by atoms with van der Waals surface area (Å²) in [7, 11) is 0. The molecular formula is C19H26O6. The molecule has 3 N–H and O–H groups in total. The highest BCUT2D eigenvalue weighted by Gasteiger charge is 2.83. The second kappa shape index (κ2) is 4.46. The summed E-state index contributed by atoms with van der Waals surface area (Å²) in [5.74, 6) is -1.94. The summed E-state index contributed by atoms with van der Waals surface area (Å²) in [5.41, 5.74) is -2.93.